The average Bonchev–Trinajstić information content (AvgIpc) is 2.75. The van der Waals surface area contributed by atoms with Crippen LogP contribution in [0.25, 0.3) is 0 Å². The summed E-state index contributed by atoms with van der Waals surface area (Å²) in [6.07, 6.45) is 0.347. The molecule has 1 rings (SSSR count). The van der Waals surface area contributed by atoms with Gasteiger partial charge in [-0.05, 0) is 26.2 Å². The highest BCUT2D eigenvalue weighted by Crippen LogP contribution is 2.16. The summed E-state index contributed by atoms with van der Waals surface area (Å²) in [6.45, 7) is 7.45. The second kappa shape index (κ2) is 5.86. The number of rotatable bonds is 6. The summed E-state index contributed by atoms with van der Waals surface area (Å²) in [5.74, 6) is -0.934. The van der Waals surface area contributed by atoms with Crippen LogP contribution in [0.3, 0.4) is 0 Å². The Morgan fingerprint density at radius 3 is 2.58 bits per heavy atom. The van der Waals surface area contributed by atoms with Gasteiger partial charge in [-0.25, -0.2) is 0 Å². The largest absolute Gasteiger partial charge is 0.481 e. The van der Waals surface area contributed by atoms with Crippen LogP contribution in [0.15, 0.2) is 10.6 Å². The highest BCUT2D eigenvalue weighted by Gasteiger charge is 2.24. The van der Waals surface area contributed by atoms with Crippen LogP contribution in [0.2, 0.25) is 0 Å². The zero-order valence-electron chi connectivity index (χ0n) is 11.7. The van der Waals surface area contributed by atoms with Crippen LogP contribution in [0.5, 0.6) is 0 Å². The Bertz CT molecular complexity index is 463. The molecule has 0 atom stereocenters. The van der Waals surface area contributed by atoms with E-state index < -0.39 is 11.5 Å². The monoisotopic (exact) mass is 268 g/mol. The molecule has 1 aromatic rings. The van der Waals surface area contributed by atoms with Gasteiger partial charge in [-0.3, -0.25) is 9.59 Å². The van der Waals surface area contributed by atoms with Crippen molar-refractivity contribution in [1.29, 1.82) is 0 Å². The van der Waals surface area contributed by atoms with Crippen molar-refractivity contribution in [3.05, 3.63) is 17.5 Å². The lowest BCUT2D eigenvalue weighted by Gasteiger charge is -2.24. The number of carbonyl (C=O) groups excluding carboxylic acids is 1. The molecule has 0 bridgehead atoms. The molecule has 0 saturated heterocycles. The van der Waals surface area contributed by atoms with E-state index in [1.54, 1.807) is 19.9 Å². The quantitative estimate of drug-likeness (QED) is 0.824. The van der Waals surface area contributed by atoms with Crippen molar-refractivity contribution in [3.63, 3.8) is 0 Å². The van der Waals surface area contributed by atoms with E-state index in [0.717, 1.165) is 0 Å². The van der Waals surface area contributed by atoms with Crippen molar-refractivity contribution in [3.8, 4) is 0 Å². The number of nitrogens with zero attached hydrogens (tertiary/aromatic N) is 1. The van der Waals surface area contributed by atoms with Crippen LogP contribution in [-0.2, 0) is 4.79 Å². The van der Waals surface area contributed by atoms with Crippen LogP contribution in [0, 0.1) is 0 Å². The summed E-state index contributed by atoms with van der Waals surface area (Å²) in [5, 5.41) is 15.2. The molecule has 0 aliphatic rings. The summed E-state index contributed by atoms with van der Waals surface area (Å²) >= 11 is 0. The van der Waals surface area contributed by atoms with Gasteiger partial charge in [0, 0.05) is 18.0 Å². The van der Waals surface area contributed by atoms with Gasteiger partial charge in [0.2, 0.25) is 5.76 Å². The fraction of sp³-hybridized carbons (Fsp3) is 0.615. The van der Waals surface area contributed by atoms with E-state index in [0.29, 0.717) is 12.1 Å². The predicted octanol–water partition coefficient (Wildman–Crippen LogP) is 2.17. The summed E-state index contributed by atoms with van der Waals surface area (Å²) in [4.78, 5) is 22.5. The number of hydrogen-bond donors (Lipinski definition) is 2. The highest BCUT2D eigenvalue weighted by atomic mass is 16.5. The second-order valence-electron chi connectivity index (χ2n) is 5.50. The highest BCUT2D eigenvalue weighted by molar-refractivity contribution is 5.91. The number of nitrogens with one attached hydrogen (secondary N) is 1. The first-order chi connectivity index (χ1) is 8.71. The van der Waals surface area contributed by atoms with E-state index in [-0.39, 0.29) is 24.0 Å². The molecule has 0 fully saturated rings. The summed E-state index contributed by atoms with van der Waals surface area (Å²) in [6, 6.07) is 1.60. The third-order valence-electron chi connectivity index (χ3n) is 2.76. The standard InChI is InChI=1S/C13H20N2O4/c1-8(2)9-7-10(19-15-9)12(18)14-13(3,4)6-5-11(16)17/h7-8H,5-6H2,1-4H3,(H,14,18)(H,16,17). The lowest BCUT2D eigenvalue weighted by atomic mass is 9.98. The number of aromatic nitrogens is 1. The molecule has 1 aromatic heterocycles. The maximum atomic E-state index is 11.9. The minimum absolute atomic E-state index is 0.000921. The second-order valence-corrected chi connectivity index (χ2v) is 5.50. The first-order valence-corrected chi connectivity index (χ1v) is 6.22. The minimum atomic E-state index is -0.885. The molecule has 2 N–H and O–H groups in total. The minimum Gasteiger partial charge on any atom is -0.481 e. The molecule has 106 valence electrons. The normalized spacial score (nSPS) is 11.6. The Morgan fingerprint density at radius 2 is 2.11 bits per heavy atom. The van der Waals surface area contributed by atoms with E-state index in [1.807, 2.05) is 13.8 Å². The predicted molar refractivity (Wildman–Crippen MR) is 69.0 cm³/mol. The van der Waals surface area contributed by atoms with Gasteiger partial charge in [-0.1, -0.05) is 19.0 Å². The van der Waals surface area contributed by atoms with E-state index in [9.17, 15) is 9.59 Å². The Kier molecular flexibility index (Phi) is 4.69. The third-order valence-corrected chi connectivity index (χ3v) is 2.76. The van der Waals surface area contributed by atoms with Crippen LogP contribution in [0.1, 0.15) is 62.7 Å². The molecule has 0 unspecified atom stereocenters. The Hall–Kier alpha value is -1.85. The Morgan fingerprint density at radius 1 is 1.47 bits per heavy atom. The maximum absolute atomic E-state index is 11.9. The van der Waals surface area contributed by atoms with Gasteiger partial charge in [0.15, 0.2) is 0 Å². The fourth-order valence-corrected chi connectivity index (χ4v) is 1.52. The lowest BCUT2D eigenvalue weighted by molar-refractivity contribution is -0.137. The smallest absolute Gasteiger partial charge is 0.303 e. The molecule has 0 aliphatic carbocycles. The molecule has 0 saturated carbocycles. The molecule has 1 amide bonds. The van der Waals surface area contributed by atoms with Crippen molar-refractivity contribution in [2.24, 2.45) is 0 Å². The molecule has 0 aliphatic heterocycles. The Balaban J connectivity index is 2.64. The van der Waals surface area contributed by atoms with Gasteiger partial charge in [0.25, 0.3) is 5.91 Å². The lowest BCUT2D eigenvalue weighted by Crippen LogP contribution is -2.43. The van der Waals surface area contributed by atoms with Gasteiger partial charge >= 0.3 is 5.97 Å². The van der Waals surface area contributed by atoms with Gasteiger partial charge in [0.05, 0.1) is 5.69 Å². The van der Waals surface area contributed by atoms with Crippen LogP contribution < -0.4 is 5.32 Å². The van der Waals surface area contributed by atoms with Gasteiger partial charge in [-0.15, -0.1) is 0 Å². The van der Waals surface area contributed by atoms with Crippen LogP contribution in [0.4, 0.5) is 0 Å². The van der Waals surface area contributed by atoms with Crippen molar-refractivity contribution in [2.45, 2.75) is 52.0 Å². The third kappa shape index (κ3) is 4.73. The van der Waals surface area contributed by atoms with Crippen LogP contribution >= 0.6 is 0 Å². The first-order valence-electron chi connectivity index (χ1n) is 6.22. The van der Waals surface area contributed by atoms with Gasteiger partial charge in [0.1, 0.15) is 0 Å². The van der Waals surface area contributed by atoms with Gasteiger partial charge in [-0.2, -0.15) is 0 Å². The van der Waals surface area contributed by atoms with Crippen molar-refractivity contribution >= 4 is 11.9 Å². The van der Waals surface area contributed by atoms with E-state index >= 15 is 0 Å². The van der Waals surface area contributed by atoms with E-state index in [4.69, 9.17) is 9.63 Å². The van der Waals surface area contributed by atoms with E-state index in [1.165, 1.54) is 0 Å². The number of carbonyl (C=O) groups is 2. The molecule has 0 spiro atoms. The zero-order valence-corrected chi connectivity index (χ0v) is 11.7. The number of aliphatic carboxylic acids is 1. The molecule has 0 radical (unpaired) electrons. The van der Waals surface area contributed by atoms with Crippen molar-refractivity contribution < 1.29 is 19.2 Å². The molecule has 6 nitrogen and oxygen atoms in total. The van der Waals surface area contributed by atoms with Crippen molar-refractivity contribution in [1.82, 2.24) is 10.5 Å². The average molecular weight is 268 g/mol. The number of hydrogen-bond acceptors (Lipinski definition) is 4. The molecule has 6 heteroatoms. The summed E-state index contributed by atoms with van der Waals surface area (Å²) in [7, 11) is 0. The zero-order chi connectivity index (χ0) is 14.6. The molecule has 19 heavy (non-hydrogen) atoms. The summed E-state index contributed by atoms with van der Waals surface area (Å²) in [5.41, 5.74) is 0.105. The molecular formula is C13H20N2O4. The summed E-state index contributed by atoms with van der Waals surface area (Å²) < 4.78 is 4.98. The molecular weight excluding hydrogens is 248 g/mol. The van der Waals surface area contributed by atoms with E-state index in [2.05, 4.69) is 10.5 Å². The van der Waals surface area contributed by atoms with Crippen LogP contribution in [-0.4, -0.2) is 27.7 Å². The SMILES string of the molecule is CC(C)c1cc(C(=O)NC(C)(C)CCC(=O)O)on1. The molecule has 1 heterocycles. The maximum Gasteiger partial charge on any atom is 0.303 e. The number of carboxylic acids is 1. The topological polar surface area (TPSA) is 92.4 Å². The van der Waals surface area contributed by atoms with Gasteiger partial charge < -0.3 is 14.9 Å². The number of amides is 1. The fourth-order valence-electron chi connectivity index (χ4n) is 1.52. The van der Waals surface area contributed by atoms with Crippen molar-refractivity contribution in [2.75, 3.05) is 0 Å². The molecule has 0 aromatic carbocycles. The number of carboxylic acid groups (broad SMARTS) is 1. The Labute approximate surface area is 112 Å². The first kappa shape index (κ1) is 15.2.